The number of fused-ring (bicyclic) bond motifs is 1. The summed E-state index contributed by atoms with van der Waals surface area (Å²) in [6, 6.07) is 23.4. The predicted molar refractivity (Wildman–Crippen MR) is 88.8 cm³/mol. The van der Waals surface area contributed by atoms with E-state index < -0.39 is 6.10 Å². The Morgan fingerprint density at radius 2 is 1.59 bits per heavy atom. The van der Waals surface area contributed by atoms with Gasteiger partial charge in [-0.25, -0.2) is 0 Å². The third kappa shape index (κ3) is 3.00. The molecule has 3 rings (SSSR count). The van der Waals surface area contributed by atoms with E-state index in [1.807, 2.05) is 72.8 Å². The fourth-order valence-corrected chi connectivity index (χ4v) is 2.50. The highest BCUT2D eigenvalue weighted by Crippen LogP contribution is 2.22. The number of rotatable bonds is 4. The maximum absolute atomic E-state index is 12.4. The fraction of sp³-hybridized carbons (Fsp3) is 0.105. The molecule has 0 aliphatic heterocycles. The Labute approximate surface area is 129 Å². The van der Waals surface area contributed by atoms with Gasteiger partial charge in [0.1, 0.15) is 0 Å². The molecule has 1 amide bonds. The number of methoxy groups -OCH3 is 1. The fourth-order valence-electron chi connectivity index (χ4n) is 2.50. The quantitative estimate of drug-likeness (QED) is 0.783. The molecule has 0 aromatic heterocycles. The number of hydrogen-bond acceptors (Lipinski definition) is 2. The Hall–Kier alpha value is -2.65. The topological polar surface area (TPSA) is 38.3 Å². The summed E-state index contributed by atoms with van der Waals surface area (Å²) in [5, 5.41) is 5.16. The molecule has 3 nitrogen and oxygen atoms in total. The molecule has 0 heterocycles. The van der Waals surface area contributed by atoms with Crippen molar-refractivity contribution in [2.75, 3.05) is 12.4 Å². The van der Waals surface area contributed by atoms with E-state index in [4.69, 9.17) is 4.74 Å². The van der Waals surface area contributed by atoms with E-state index in [1.165, 1.54) is 7.11 Å². The number of carbonyl (C=O) groups is 1. The molecule has 1 atom stereocenters. The van der Waals surface area contributed by atoms with Gasteiger partial charge in [-0.2, -0.15) is 0 Å². The van der Waals surface area contributed by atoms with Crippen LogP contribution in [0.15, 0.2) is 72.8 Å². The smallest absolute Gasteiger partial charge is 0.258 e. The zero-order valence-electron chi connectivity index (χ0n) is 12.3. The second kappa shape index (κ2) is 6.41. The summed E-state index contributed by atoms with van der Waals surface area (Å²) < 4.78 is 5.35. The number of amides is 1. The summed E-state index contributed by atoms with van der Waals surface area (Å²) in [5.74, 6) is -0.177. The van der Waals surface area contributed by atoms with Gasteiger partial charge in [0.05, 0.1) is 0 Å². The van der Waals surface area contributed by atoms with Crippen LogP contribution in [0.4, 0.5) is 5.69 Å². The Kier molecular flexibility index (Phi) is 4.17. The summed E-state index contributed by atoms with van der Waals surface area (Å²) in [6.45, 7) is 0. The van der Waals surface area contributed by atoms with E-state index in [0.717, 1.165) is 22.0 Å². The maximum atomic E-state index is 12.4. The van der Waals surface area contributed by atoms with Gasteiger partial charge in [-0.1, -0.05) is 60.7 Å². The Bertz CT molecular complexity index is 784. The minimum atomic E-state index is -0.618. The standard InChI is InChI=1S/C19H17NO2/c1-22-18(15-8-3-2-4-9-15)19(21)20-17-12-11-14-7-5-6-10-16(14)13-17/h2-13,18H,1H3,(H,20,21). The number of carbonyl (C=O) groups excluding carboxylic acids is 1. The summed E-state index contributed by atoms with van der Waals surface area (Å²) in [7, 11) is 1.54. The Balaban J connectivity index is 1.82. The zero-order chi connectivity index (χ0) is 15.4. The molecule has 1 N–H and O–H groups in total. The van der Waals surface area contributed by atoms with Crippen LogP contribution in [0.2, 0.25) is 0 Å². The van der Waals surface area contributed by atoms with Crippen molar-refractivity contribution in [2.24, 2.45) is 0 Å². The van der Waals surface area contributed by atoms with Crippen molar-refractivity contribution in [3.05, 3.63) is 78.4 Å². The molecule has 0 bridgehead atoms. The molecule has 0 saturated carbocycles. The lowest BCUT2D eigenvalue weighted by atomic mass is 10.1. The van der Waals surface area contributed by atoms with E-state index in [1.54, 1.807) is 0 Å². The first kappa shape index (κ1) is 14.3. The number of anilines is 1. The lowest BCUT2D eigenvalue weighted by Crippen LogP contribution is -2.22. The molecule has 0 radical (unpaired) electrons. The Morgan fingerprint density at radius 1 is 0.909 bits per heavy atom. The van der Waals surface area contributed by atoms with Crippen LogP contribution < -0.4 is 5.32 Å². The van der Waals surface area contributed by atoms with E-state index >= 15 is 0 Å². The van der Waals surface area contributed by atoms with Crippen LogP contribution in [-0.4, -0.2) is 13.0 Å². The van der Waals surface area contributed by atoms with Gasteiger partial charge >= 0.3 is 0 Å². The van der Waals surface area contributed by atoms with Crippen LogP contribution in [0.1, 0.15) is 11.7 Å². The van der Waals surface area contributed by atoms with Gasteiger partial charge in [0.2, 0.25) is 0 Å². The summed E-state index contributed by atoms with van der Waals surface area (Å²) in [4.78, 5) is 12.4. The number of ether oxygens (including phenoxy) is 1. The Morgan fingerprint density at radius 3 is 2.32 bits per heavy atom. The molecule has 0 saturated heterocycles. The highest BCUT2D eigenvalue weighted by Gasteiger charge is 2.19. The van der Waals surface area contributed by atoms with Crippen molar-refractivity contribution in [3.8, 4) is 0 Å². The first-order valence-electron chi connectivity index (χ1n) is 7.15. The van der Waals surface area contributed by atoms with Gasteiger partial charge in [-0.05, 0) is 28.5 Å². The van der Waals surface area contributed by atoms with Crippen LogP contribution in [0.25, 0.3) is 10.8 Å². The lowest BCUT2D eigenvalue weighted by Gasteiger charge is -2.16. The molecule has 0 aliphatic rings. The third-order valence-corrected chi connectivity index (χ3v) is 3.59. The molecule has 0 fully saturated rings. The highest BCUT2D eigenvalue weighted by molar-refractivity contribution is 5.97. The van der Waals surface area contributed by atoms with Gasteiger partial charge in [-0.3, -0.25) is 4.79 Å². The normalized spacial score (nSPS) is 12.0. The summed E-state index contributed by atoms with van der Waals surface area (Å²) in [5.41, 5.74) is 1.60. The third-order valence-electron chi connectivity index (χ3n) is 3.59. The van der Waals surface area contributed by atoms with Crippen LogP contribution >= 0.6 is 0 Å². The molecule has 22 heavy (non-hydrogen) atoms. The van der Waals surface area contributed by atoms with Crippen molar-refractivity contribution >= 4 is 22.4 Å². The molecule has 0 spiro atoms. The van der Waals surface area contributed by atoms with Gasteiger partial charge in [0.15, 0.2) is 6.10 Å². The molecule has 3 aromatic rings. The van der Waals surface area contributed by atoms with Crippen molar-refractivity contribution in [3.63, 3.8) is 0 Å². The van der Waals surface area contributed by atoms with Gasteiger partial charge in [-0.15, -0.1) is 0 Å². The minimum absolute atomic E-state index is 0.177. The summed E-state index contributed by atoms with van der Waals surface area (Å²) in [6.07, 6.45) is -0.618. The predicted octanol–water partition coefficient (Wildman–Crippen LogP) is 4.17. The largest absolute Gasteiger partial charge is 0.367 e. The van der Waals surface area contributed by atoms with Crippen LogP contribution in [0, 0.1) is 0 Å². The first-order chi connectivity index (χ1) is 10.8. The van der Waals surface area contributed by atoms with Crippen molar-refractivity contribution in [1.82, 2.24) is 0 Å². The maximum Gasteiger partial charge on any atom is 0.258 e. The average molecular weight is 291 g/mol. The van der Waals surface area contributed by atoms with Crippen LogP contribution in [0.3, 0.4) is 0 Å². The van der Waals surface area contributed by atoms with Crippen LogP contribution in [-0.2, 0) is 9.53 Å². The van der Waals surface area contributed by atoms with Crippen molar-refractivity contribution in [2.45, 2.75) is 6.10 Å². The first-order valence-corrected chi connectivity index (χ1v) is 7.15. The monoisotopic (exact) mass is 291 g/mol. The number of benzene rings is 3. The molecule has 3 aromatic carbocycles. The lowest BCUT2D eigenvalue weighted by molar-refractivity contribution is -0.126. The molecule has 3 heteroatoms. The second-order valence-corrected chi connectivity index (χ2v) is 5.08. The number of hydrogen-bond donors (Lipinski definition) is 1. The zero-order valence-corrected chi connectivity index (χ0v) is 12.3. The molecule has 1 unspecified atom stereocenters. The van der Waals surface area contributed by atoms with Crippen molar-refractivity contribution < 1.29 is 9.53 Å². The van der Waals surface area contributed by atoms with Crippen molar-refractivity contribution in [1.29, 1.82) is 0 Å². The number of nitrogens with one attached hydrogen (secondary N) is 1. The van der Waals surface area contributed by atoms with Gasteiger partial charge in [0, 0.05) is 12.8 Å². The van der Waals surface area contributed by atoms with Gasteiger partial charge in [0.25, 0.3) is 5.91 Å². The van der Waals surface area contributed by atoms with E-state index in [9.17, 15) is 4.79 Å². The summed E-state index contributed by atoms with van der Waals surface area (Å²) >= 11 is 0. The second-order valence-electron chi connectivity index (χ2n) is 5.08. The minimum Gasteiger partial charge on any atom is -0.367 e. The van der Waals surface area contributed by atoms with E-state index in [0.29, 0.717) is 0 Å². The van der Waals surface area contributed by atoms with Gasteiger partial charge < -0.3 is 10.1 Å². The van der Waals surface area contributed by atoms with Crippen LogP contribution in [0.5, 0.6) is 0 Å². The SMILES string of the molecule is COC(C(=O)Nc1ccc2ccccc2c1)c1ccccc1. The molecular formula is C19H17NO2. The highest BCUT2D eigenvalue weighted by atomic mass is 16.5. The molecule has 0 aliphatic carbocycles. The average Bonchev–Trinajstić information content (AvgIpc) is 2.56. The van der Waals surface area contributed by atoms with E-state index in [2.05, 4.69) is 5.32 Å². The van der Waals surface area contributed by atoms with E-state index in [-0.39, 0.29) is 5.91 Å². The molecular weight excluding hydrogens is 274 g/mol. The molecule has 110 valence electrons.